The predicted octanol–water partition coefficient (Wildman–Crippen LogP) is -0.00820. The molecular formula is C9H20N2O2S. The molecule has 0 amide bonds. The molecule has 0 heterocycles. The van der Waals surface area contributed by atoms with E-state index in [1.54, 1.807) is 7.11 Å². The minimum absolute atomic E-state index is 0.144. The zero-order valence-corrected chi connectivity index (χ0v) is 9.72. The first kappa shape index (κ1) is 13.8. The van der Waals surface area contributed by atoms with Gasteiger partial charge < -0.3 is 15.6 Å². The van der Waals surface area contributed by atoms with Crippen molar-refractivity contribution < 1.29 is 9.84 Å². The van der Waals surface area contributed by atoms with E-state index in [0.29, 0.717) is 24.6 Å². The first-order valence-corrected chi connectivity index (χ1v) is 5.14. The van der Waals surface area contributed by atoms with Crippen LogP contribution in [0.1, 0.15) is 13.3 Å². The molecule has 1 unspecified atom stereocenters. The Morgan fingerprint density at radius 1 is 1.57 bits per heavy atom. The lowest BCUT2D eigenvalue weighted by atomic mass is 10.2. The summed E-state index contributed by atoms with van der Waals surface area (Å²) >= 11 is 4.85. The molecule has 0 aromatic carbocycles. The fourth-order valence-electron chi connectivity index (χ4n) is 1.31. The van der Waals surface area contributed by atoms with Gasteiger partial charge in [0.25, 0.3) is 0 Å². The van der Waals surface area contributed by atoms with E-state index in [1.807, 2.05) is 6.92 Å². The molecule has 0 aromatic rings. The van der Waals surface area contributed by atoms with Crippen molar-refractivity contribution in [3.8, 4) is 0 Å². The molecule has 0 aliphatic rings. The molecule has 0 radical (unpaired) electrons. The van der Waals surface area contributed by atoms with Crippen LogP contribution in [0.2, 0.25) is 0 Å². The average molecular weight is 220 g/mol. The number of ether oxygens (including phenoxy) is 1. The summed E-state index contributed by atoms with van der Waals surface area (Å²) in [4.78, 5) is 2.63. The van der Waals surface area contributed by atoms with Gasteiger partial charge in [-0.25, -0.2) is 0 Å². The molecule has 3 N–H and O–H groups in total. The fourth-order valence-corrected chi connectivity index (χ4v) is 1.55. The highest BCUT2D eigenvalue weighted by Crippen LogP contribution is 2.03. The van der Waals surface area contributed by atoms with Gasteiger partial charge in [0, 0.05) is 32.7 Å². The summed E-state index contributed by atoms with van der Waals surface area (Å²) in [6.07, 6.45) is 0.680. The van der Waals surface area contributed by atoms with Crippen LogP contribution in [0.25, 0.3) is 0 Å². The fraction of sp³-hybridized carbons (Fsp3) is 0.889. The lowest BCUT2D eigenvalue weighted by Crippen LogP contribution is -2.39. The Morgan fingerprint density at radius 2 is 2.21 bits per heavy atom. The van der Waals surface area contributed by atoms with E-state index < -0.39 is 0 Å². The van der Waals surface area contributed by atoms with E-state index in [2.05, 4.69) is 4.90 Å². The van der Waals surface area contributed by atoms with Crippen LogP contribution in [-0.4, -0.2) is 54.4 Å². The van der Waals surface area contributed by atoms with Crippen molar-refractivity contribution >= 4 is 17.2 Å². The summed E-state index contributed by atoms with van der Waals surface area (Å²) in [5, 5.41) is 8.87. The van der Waals surface area contributed by atoms with Gasteiger partial charge in [-0.1, -0.05) is 12.2 Å². The Hall–Kier alpha value is -0.230. The number of nitrogens with zero attached hydrogens (tertiary/aromatic N) is 1. The molecule has 84 valence electrons. The summed E-state index contributed by atoms with van der Waals surface area (Å²) < 4.78 is 4.99. The first-order chi connectivity index (χ1) is 6.61. The highest BCUT2D eigenvalue weighted by molar-refractivity contribution is 7.80. The normalized spacial score (nSPS) is 13.1. The smallest absolute Gasteiger partial charge is 0.0742 e. The Labute approximate surface area is 91.0 Å². The second kappa shape index (κ2) is 8.11. The highest BCUT2D eigenvalue weighted by Gasteiger charge is 2.13. The summed E-state index contributed by atoms with van der Waals surface area (Å²) in [5.74, 6) is 0. The van der Waals surface area contributed by atoms with Crippen LogP contribution in [-0.2, 0) is 4.74 Å². The van der Waals surface area contributed by atoms with Crippen molar-refractivity contribution in [3.05, 3.63) is 0 Å². The lowest BCUT2D eigenvalue weighted by molar-refractivity contribution is 0.108. The number of nitrogens with two attached hydrogens (primary N) is 1. The summed E-state index contributed by atoms with van der Waals surface area (Å²) in [7, 11) is 1.66. The molecule has 0 rings (SSSR count). The minimum Gasteiger partial charge on any atom is -0.395 e. The Bertz CT molecular complexity index is 167. The van der Waals surface area contributed by atoms with Crippen LogP contribution in [0.5, 0.6) is 0 Å². The van der Waals surface area contributed by atoms with Crippen molar-refractivity contribution in [2.45, 2.75) is 19.4 Å². The van der Waals surface area contributed by atoms with Crippen LogP contribution in [0.3, 0.4) is 0 Å². The maximum atomic E-state index is 8.87. The van der Waals surface area contributed by atoms with Crippen molar-refractivity contribution in [2.75, 3.05) is 33.4 Å². The summed E-state index contributed by atoms with van der Waals surface area (Å²) in [6, 6.07) is 0.259. The Balaban J connectivity index is 3.96. The van der Waals surface area contributed by atoms with Crippen molar-refractivity contribution in [3.63, 3.8) is 0 Å². The number of aliphatic hydroxyl groups excluding tert-OH is 1. The highest BCUT2D eigenvalue weighted by atomic mass is 32.1. The maximum absolute atomic E-state index is 8.87. The molecule has 0 bridgehead atoms. The van der Waals surface area contributed by atoms with Gasteiger partial charge in [-0.3, -0.25) is 4.90 Å². The van der Waals surface area contributed by atoms with E-state index in [-0.39, 0.29) is 12.6 Å². The average Bonchev–Trinajstić information content (AvgIpc) is 2.10. The van der Waals surface area contributed by atoms with E-state index in [9.17, 15) is 0 Å². The number of aliphatic hydroxyl groups is 1. The standard InChI is InChI=1S/C9H20N2O2S/c1-8(7-9(10)14)11(3-5-12)4-6-13-2/h8,12H,3-7H2,1-2H3,(H2,10,14). The first-order valence-electron chi connectivity index (χ1n) is 4.74. The molecular weight excluding hydrogens is 200 g/mol. The topological polar surface area (TPSA) is 58.7 Å². The number of thiocarbonyl (C=S) groups is 1. The molecule has 0 saturated heterocycles. The third-order valence-electron chi connectivity index (χ3n) is 2.09. The maximum Gasteiger partial charge on any atom is 0.0742 e. The lowest BCUT2D eigenvalue weighted by Gasteiger charge is -2.27. The second-order valence-corrected chi connectivity index (χ2v) is 3.80. The molecule has 0 aliphatic carbocycles. The number of hydrogen-bond acceptors (Lipinski definition) is 4. The molecule has 14 heavy (non-hydrogen) atoms. The van der Waals surface area contributed by atoms with Gasteiger partial charge in [-0.05, 0) is 6.92 Å². The predicted molar refractivity (Wildman–Crippen MR) is 61.4 cm³/mol. The Morgan fingerprint density at radius 3 is 2.64 bits per heavy atom. The van der Waals surface area contributed by atoms with Crippen molar-refractivity contribution in [1.82, 2.24) is 4.90 Å². The van der Waals surface area contributed by atoms with E-state index in [0.717, 1.165) is 6.54 Å². The number of rotatable bonds is 8. The van der Waals surface area contributed by atoms with Gasteiger partial charge in [0.1, 0.15) is 0 Å². The third-order valence-corrected chi connectivity index (χ3v) is 2.26. The molecule has 0 spiro atoms. The summed E-state index contributed by atoms with van der Waals surface area (Å²) in [6.45, 7) is 4.27. The van der Waals surface area contributed by atoms with Crippen LogP contribution in [0, 0.1) is 0 Å². The van der Waals surface area contributed by atoms with Gasteiger partial charge >= 0.3 is 0 Å². The van der Waals surface area contributed by atoms with Crippen LogP contribution in [0.4, 0.5) is 0 Å². The van der Waals surface area contributed by atoms with Crippen LogP contribution < -0.4 is 5.73 Å². The molecule has 0 aromatic heterocycles. The summed E-state index contributed by atoms with van der Waals surface area (Å²) in [5.41, 5.74) is 5.47. The quantitative estimate of drug-likeness (QED) is 0.564. The van der Waals surface area contributed by atoms with E-state index in [4.69, 9.17) is 27.8 Å². The van der Waals surface area contributed by atoms with Crippen LogP contribution in [0.15, 0.2) is 0 Å². The van der Waals surface area contributed by atoms with Crippen molar-refractivity contribution in [1.29, 1.82) is 0 Å². The minimum atomic E-state index is 0.144. The molecule has 0 saturated carbocycles. The van der Waals surface area contributed by atoms with E-state index >= 15 is 0 Å². The molecule has 5 heteroatoms. The van der Waals surface area contributed by atoms with Gasteiger partial charge in [0.2, 0.25) is 0 Å². The number of hydrogen-bond donors (Lipinski definition) is 2. The second-order valence-electron chi connectivity index (χ2n) is 3.27. The Kier molecular flexibility index (Phi) is 7.98. The zero-order valence-electron chi connectivity index (χ0n) is 8.90. The van der Waals surface area contributed by atoms with Gasteiger partial charge in [-0.2, -0.15) is 0 Å². The zero-order chi connectivity index (χ0) is 11.0. The molecule has 0 fully saturated rings. The molecule has 0 aliphatic heterocycles. The van der Waals surface area contributed by atoms with Crippen molar-refractivity contribution in [2.24, 2.45) is 5.73 Å². The largest absolute Gasteiger partial charge is 0.395 e. The van der Waals surface area contributed by atoms with Gasteiger partial charge in [-0.15, -0.1) is 0 Å². The third kappa shape index (κ3) is 6.26. The van der Waals surface area contributed by atoms with Crippen LogP contribution >= 0.6 is 12.2 Å². The molecule has 4 nitrogen and oxygen atoms in total. The van der Waals surface area contributed by atoms with E-state index in [1.165, 1.54) is 0 Å². The van der Waals surface area contributed by atoms with Gasteiger partial charge in [0.05, 0.1) is 18.2 Å². The number of methoxy groups -OCH3 is 1. The molecule has 1 atom stereocenters. The monoisotopic (exact) mass is 220 g/mol. The SMILES string of the molecule is COCCN(CCO)C(C)CC(N)=S. The van der Waals surface area contributed by atoms with Gasteiger partial charge in [0.15, 0.2) is 0 Å².